The first kappa shape index (κ1) is 10.4. The van der Waals surface area contributed by atoms with E-state index >= 15 is 0 Å². The lowest BCUT2D eigenvalue weighted by Gasteiger charge is -2.06. The molecule has 4 nitrogen and oxygen atoms in total. The summed E-state index contributed by atoms with van der Waals surface area (Å²) in [6.07, 6.45) is 3.58. The van der Waals surface area contributed by atoms with Crippen LogP contribution in [0.4, 0.5) is 0 Å². The van der Waals surface area contributed by atoms with E-state index in [4.69, 9.17) is 0 Å². The third-order valence-corrected chi connectivity index (χ3v) is 2.37. The molecule has 0 amide bonds. The summed E-state index contributed by atoms with van der Waals surface area (Å²) in [7, 11) is 1.37. The minimum absolute atomic E-state index is 0.334. The second kappa shape index (κ2) is 4.18. The molecular formula is C12H12N2O2. The van der Waals surface area contributed by atoms with Crippen LogP contribution in [-0.2, 0) is 4.74 Å². The maximum Gasteiger partial charge on any atom is 0.337 e. The van der Waals surface area contributed by atoms with Crippen LogP contribution < -0.4 is 0 Å². The van der Waals surface area contributed by atoms with E-state index in [0.717, 1.165) is 11.5 Å². The van der Waals surface area contributed by atoms with Crippen molar-refractivity contribution in [2.75, 3.05) is 7.11 Å². The van der Waals surface area contributed by atoms with Gasteiger partial charge in [-0.2, -0.15) is 0 Å². The maximum atomic E-state index is 11.4. The molecule has 0 radical (unpaired) electrons. The van der Waals surface area contributed by atoms with Crippen LogP contribution in [0.2, 0.25) is 0 Å². The molecule has 0 atom stereocenters. The molecule has 82 valence electrons. The van der Waals surface area contributed by atoms with Gasteiger partial charge in [0.2, 0.25) is 0 Å². The number of esters is 1. The monoisotopic (exact) mass is 216 g/mol. The molecule has 2 aromatic rings. The number of hydrogen-bond acceptors (Lipinski definition) is 3. The molecule has 0 aliphatic heterocycles. The van der Waals surface area contributed by atoms with Crippen molar-refractivity contribution in [1.29, 1.82) is 0 Å². The number of ether oxygens (including phenoxy) is 1. The Hall–Kier alpha value is -2.10. The van der Waals surface area contributed by atoms with Crippen LogP contribution in [-0.4, -0.2) is 22.6 Å². The van der Waals surface area contributed by atoms with Crippen LogP contribution >= 0.6 is 0 Å². The largest absolute Gasteiger partial charge is 0.465 e. The maximum absolute atomic E-state index is 11.4. The first-order chi connectivity index (χ1) is 7.72. The lowest BCUT2D eigenvalue weighted by atomic mass is 10.2. The highest BCUT2D eigenvalue weighted by Crippen LogP contribution is 2.13. The quantitative estimate of drug-likeness (QED) is 0.721. The first-order valence-corrected chi connectivity index (χ1v) is 4.91. The van der Waals surface area contributed by atoms with Crippen molar-refractivity contribution in [2.45, 2.75) is 6.92 Å². The Morgan fingerprint density at radius 1 is 1.44 bits per heavy atom. The van der Waals surface area contributed by atoms with Gasteiger partial charge < -0.3 is 9.30 Å². The smallest absolute Gasteiger partial charge is 0.337 e. The Morgan fingerprint density at radius 2 is 2.25 bits per heavy atom. The summed E-state index contributed by atoms with van der Waals surface area (Å²) in [6, 6.07) is 7.24. The van der Waals surface area contributed by atoms with Gasteiger partial charge in [0.1, 0.15) is 5.82 Å². The molecule has 16 heavy (non-hydrogen) atoms. The molecule has 0 bridgehead atoms. The van der Waals surface area contributed by atoms with E-state index in [1.165, 1.54) is 7.11 Å². The van der Waals surface area contributed by atoms with E-state index in [-0.39, 0.29) is 5.97 Å². The zero-order chi connectivity index (χ0) is 11.5. The van der Waals surface area contributed by atoms with Crippen molar-refractivity contribution in [1.82, 2.24) is 9.55 Å². The third kappa shape index (κ3) is 1.82. The van der Waals surface area contributed by atoms with Crippen molar-refractivity contribution in [3.8, 4) is 5.69 Å². The van der Waals surface area contributed by atoms with Gasteiger partial charge in [-0.25, -0.2) is 9.78 Å². The predicted molar refractivity (Wildman–Crippen MR) is 59.6 cm³/mol. The van der Waals surface area contributed by atoms with Crippen LogP contribution in [0.3, 0.4) is 0 Å². The topological polar surface area (TPSA) is 44.1 Å². The molecule has 0 saturated carbocycles. The molecular weight excluding hydrogens is 204 g/mol. The summed E-state index contributed by atoms with van der Waals surface area (Å²) >= 11 is 0. The Kier molecular flexibility index (Phi) is 2.72. The van der Waals surface area contributed by atoms with Crippen molar-refractivity contribution < 1.29 is 9.53 Å². The van der Waals surface area contributed by atoms with E-state index in [9.17, 15) is 4.79 Å². The van der Waals surface area contributed by atoms with Crippen LogP contribution in [0, 0.1) is 6.92 Å². The summed E-state index contributed by atoms with van der Waals surface area (Å²) in [4.78, 5) is 15.5. The zero-order valence-corrected chi connectivity index (χ0v) is 9.18. The second-order valence-corrected chi connectivity index (χ2v) is 3.39. The van der Waals surface area contributed by atoms with Gasteiger partial charge in [-0.1, -0.05) is 6.07 Å². The molecule has 0 spiro atoms. The van der Waals surface area contributed by atoms with Gasteiger partial charge in [0.25, 0.3) is 0 Å². The zero-order valence-electron chi connectivity index (χ0n) is 9.18. The number of carbonyl (C=O) groups is 1. The number of imidazole rings is 1. The minimum Gasteiger partial charge on any atom is -0.465 e. The fraction of sp³-hybridized carbons (Fsp3) is 0.167. The van der Waals surface area contributed by atoms with Gasteiger partial charge in [0.15, 0.2) is 0 Å². The summed E-state index contributed by atoms with van der Waals surface area (Å²) in [5, 5.41) is 0. The third-order valence-electron chi connectivity index (χ3n) is 2.37. The molecule has 0 saturated heterocycles. The number of carbonyl (C=O) groups excluding carboxylic acids is 1. The van der Waals surface area contributed by atoms with Gasteiger partial charge in [0, 0.05) is 18.1 Å². The highest BCUT2D eigenvalue weighted by Gasteiger charge is 2.07. The van der Waals surface area contributed by atoms with E-state index in [1.807, 2.05) is 29.8 Å². The Bertz CT molecular complexity index is 517. The lowest BCUT2D eigenvalue weighted by Crippen LogP contribution is -2.03. The van der Waals surface area contributed by atoms with Crippen LogP contribution in [0.5, 0.6) is 0 Å². The van der Waals surface area contributed by atoms with Crippen molar-refractivity contribution in [3.05, 3.63) is 48.0 Å². The molecule has 1 heterocycles. The highest BCUT2D eigenvalue weighted by atomic mass is 16.5. The number of rotatable bonds is 2. The second-order valence-electron chi connectivity index (χ2n) is 3.39. The molecule has 4 heteroatoms. The molecule has 0 fully saturated rings. The number of hydrogen-bond donors (Lipinski definition) is 0. The molecule has 2 rings (SSSR count). The minimum atomic E-state index is -0.334. The standard InChI is InChI=1S/C12H12N2O2/c1-9-13-6-7-14(9)11-5-3-4-10(8-11)12(15)16-2/h3-8H,1-2H3. The molecule has 1 aromatic heterocycles. The van der Waals surface area contributed by atoms with E-state index < -0.39 is 0 Å². The first-order valence-electron chi connectivity index (χ1n) is 4.91. The Morgan fingerprint density at radius 3 is 2.88 bits per heavy atom. The van der Waals surface area contributed by atoms with E-state index in [0.29, 0.717) is 5.56 Å². The summed E-state index contributed by atoms with van der Waals surface area (Å²) in [5.41, 5.74) is 1.44. The summed E-state index contributed by atoms with van der Waals surface area (Å²) < 4.78 is 6.58. The SMILES string of the molecule is COC(=O)c1cccc(-n2ccnc2C)c1. The average Bonchev–Trinajstić information content (AvgIpc) is 2.74. The molecule has 0 aliphatic carbocycles. The van der Waals surface area contributed by atoms with Crippen LogP contribution in [0.25, 0.3) is 5.69 Å². The average molecular weight is 216 g/mol. The summed E-state index contributed by atoms with van der Waals surface area (Å²) in [6.45, 7) is 1.91. The molecule has 1 aromatic carbocycles. The lowest BCUT2D eigenvalue weighted by molar-refractivity contribution is 0.0600. The van der Waals surface area contributed by atoms with E-state index in [1.54, 1.807) is 18.3 Å². The van der Waals surface area contributed by atoms with Gasteiger partial charge >= 0.3 is 5.97 Å². The number of aryl methyl sites for hydroxylation is 1. The predicted octanol–water partition coefficient (Wildman–Crippen LogP) is 1.97. The fourth-order valence-corrected chi connectivity index (χ4v) is 1.55. The Balaban J connectivity index is 2.44. The number of aromatic nitrogens is 2. The van der Waals surface area contributed by atoms with E-state index in [2.05, 4.69) is 9.72 Å². The number of benzene rings is 1. The normalized spacial score (nSPS) is 10.1. The van der Waals surface area contributed by atoms with Crippen molar-refractivity contribution in [2.24, 2.45) is 0 Å². The van der Waals surface area contributed by atoms with Gasteiger partial charge in [-0.3, -0.25) is 0 Å². The molecule has 0 N–H and O–H groups in total. The molecule has 0 aliphatic rings. The Labute approximate surface area is 93.5 Å². The van der Waals surface area contributed by atoms with Crippen molar-refractivity contribution in [3.63, 3.8) is 0 Å². The van der Waals surface area contributed by atoms with Crippen LogP contribution in [0.1, 0.15) is 16.2 Å². The highest BCUT2D eigenvalue weighted by molar-refractivity contribution is 5.89. The van der Waals surface area contributed by atoms with Crippen molar-refractivity contribution >= 4 is 5.97 Å². The van der Waals surface area contributed by atoms with Gasteiger partial charge in [-0.15, -0.1) is 0 Å². The van der Waals surface area contributed by atoms with Crippen LogP contribution in [0.15, 0.2) is 36.7 Å². The fourth-order valence-electron chi connectivity index (χ4n) is 1.55. The number of nitrogens with zero attached hydrogens (tertiary/aromatic N) is 2. The van der Waals surface area contributed by atoms with Gasteiger partial charge in [0.05, 0.1) is 12.7 Å². The number of methoxy groups -OCH3 is 1. The molecule has 0 unspecified atom stereocenters. The summed E-state index contributed by atoms with van der Waals surface area (Å²) in [5.74, 6) is 0.543. The van der Waals surface area contributed by atoms with Gasteiger partial charge in [-0.05, 0) is 25.1 Å².